The molecule has 0 saturated carbocycles. The second kappa shape index (κ2) is 11.1. The van der Waals surface area contributed by atoms with Gasteiger partial charge in [0.25, 0.3) is 0 Å². The number of nitrogens with zero attached hydrogens (tertiary/aromatic N) is 1. The van der Waals surface area contributed by atoms with Crippen LogP contribution in [-0.4, -0.2) is 41.7 Å². The summed E-state index contributed by atoms with van der Waals surface area (Å²) in [4.78, 5) is 13.1. The molecule has 0 aromatic heterocycles. The Bertz CT molecular complexity index is 737. The van der Waals surface area contributed by atoms with Gasteiger partial charge in [0.15, 0.2) is 0 Å². The maximum atomic E-state index is 10.8. The van der Waals surface area contributed by atoms with Gasteiger partial charge in [-0.25, -0.2) is 0 Å². The molecule has 1 atom stereocenters. The number of rotatable bonds is 8. The minimum Gasteiger partial charge on any atom is -0.492 e. The number of likely N-dealkylation sites (tertiary alicyclic amines) is 1. The molecular formula is C21H25Cl2NO4. The number of hydrogen-bond donors (Lipinski definition) is 1. The van der Waals surface area contributed by atoms with Crippen LogP contribution in [0.25, 0.3) is 0 Å². The van der Waals surface area contributed by atoms with Crippen LogP contribution in [0.15, 0.2) is 48.5 Å². The van der Waals surface area contributed by atoms with Crippen molar-refractivity contribution in [2.45, 2.75) is 31.7 Å². The molecule has 2 aromatic rings. The summed E-state index contributed by atoms with van der Waals surface area (Å²) in [5, 5.41) is 9.58. The fourth-order valence-electron chi connectivity index (χ4n) is 3.22. The average molecular weight is 426 g/mol. The number of aliphatic carboxylic acids is 1. The summed E-state index contributed by atoms with van der Waals surface area (Å²) in [5.74, 6) is 1.48. The molecule has 5 nitrogen and oxygen atoms in total. The van der Waals surface area contributed by atoms with Crippen LogP contribution in [0, 0.1) is 0 Å². The highest BCUT2D eigenvalue weighted by molar-refractivity contribution is 6.30. The van der Waals surface area contributed by atoms with Crippen molar-refractivity contribution in [2.75, 3.05) is 19.7 Å². The Morgan fingerprint density at radius 2 is 1.64 bits per heavy atom. The van der Waals surface area contributed by atoms with Gasteiger partial charge in [-0.1, -0.05) is 18.0 Å². The average Bonchev–Trinajstić information content (AvgIpc) is 2.68. The molecule has 1 saturated heterocycles. The van der Waals surface area contributed by atoms with Crippen LogP contribution in [0.1, 0.15) is 25.7 Å². The van der Waals surface area contributed by atoms with Gasteiger partial charge in [0.1, 0.15) is 23.9 Å². The van der Waals surface area contributed by atoms with Gasteiger partial charge in [-0.2, -0.15) is 0 Å². The Hall–Kier alpha value is -1.95. The van der Waals surface area contributed by atoms with Crippen molar-refractivity contribution in [1.82, 2.24) is 4.90 Å². The highest BCUT2D eigenvalue weighted by Crippen LogP contribution is 2.26. The lowest BCUT2D eigenvalue weighted by Gasteiger charge is -2.35. The van der Waals surface area contributed by atoms with E-state index in [0.717, 1.165) is 43.1 Å². The number of carbonyl (C=O) groups is 1. The molecule has 152 valence electrons. The van der Waals surface area contributed by atoms with Gasteiger partial charge in [0.2, 0.25) is 0 Å². The summed E-state index contributed by atoms with van der Waals surface area (Å²) in [6, 6.07) is 15.0. The van der Waals surface area contributed by atoms with E-state index in [1.165, 1.54) is 0 Å². The summed E-state index contributed by atoms with van der Waals surface area (Å²) in [6.45, 7) is 2.09. The monoisotopic (exact) mass is 425 g/mol. The van der Waals surface area contributed by atoms with Gasteiger partial charge in [-0.05, 0) is 67.9 Å². The second-order valence-electron chi connectivity index (χ2n) is 6.67. The van der Waals surface area contributed by atoms with Gasteiger partial charge in [-0.15, -0.1) is 12.4 Å². The summed E-state index contributed by atoms with van der Waals surface area (Å²) >= 11 is 5.88. The maximum Gasteiger partial charge on any atom is 0.304 e. The molecule has 3 rings (SSSR count). The number of hydrogen-bond acceptors (Lipinski definition) is 4. The Morgan fingerprint density at radius 3 is 2.29 bits per heavy atom. The van der Waals surface area contributed by atoms with Crippen LogP contribution in [-0.2, 0) is 4.79 Å². The topological polar surface area (TPSA) is 59.0 Å². The molecule has 2 aromatic carbocycles. The van der Waals surface area contributed by atoms with Gasteiger partial charge in [0, 0.05) is 17.6 Å². The van der Waals surface area contributed by atoms with Crippen molar-refractivity contribution >= 4 is 30.0 Å². The molecule has 1 aliphatic rings. The van der Waals surface area contributed by atoms with E-state index in [9.17, 15) is 4.79 Å². The zero-order valence-corrected chi connectivity index (χ0v) is 17.1. The molecule has 1 fully saturated rings. The lowest BCUT2D eigenvalue weighted by Crippen LogP contribution is -2.44. The highest BCUT2D eigenvalue weighted by atomic mass is 35.5. The van der Waals surface area contributed by atoms with E-state index < -0.39 is 5.97 Å². The molecule has 0 aliphatic carbocycles. The molecule has 0 radical (unpaired) electrons. The summed E-state index contributed by atoms with van der Waals surface area (Å²) < 4.78 is 11.7. The smallest absolute Gasteiger partial charge is 0.304 e. The number of benzene rings is 2. The molecule has 1 heterocycles. The first-order valence-corrected chi connectivity index (χ1v) is 9.60. The number of ether oxygens (including phenoxy) is 2. The largest absolute Gasteiger partial charge is 0.492 e. The third-order valence-electron chi connectivity index (χ3n) is 4.68. The fraction of sp³-hybridized carbons (Fsp3) is 0.381. The van der Waals surface area contributed by atoms with Crippen molar-refractivity contribution in [3.05, 3.63) is 53.6 Å². The van der Waals surface area contributed by atoms with E-state index in [1.807, 2.05) is 36.4 Å². The van der Waals surface area contributed by atoms with E-state index in [0.29, 0.717) is 18.2 Å². The van der Waals surface area contributed by atoms with Gasteiger partial charge in [-0.3, -0.25) is 9.69 Å². The molecule has 1 N–H and O–H groups in total. The zero-order valence-electron chi connectivity index (χ0n) is 15.6. The Kier molecular flexibility index (Phi) is 8.90. The summed E-state index contributed by atoms with van der Waals surface area (Å²) in [6.07, 6.45) is 3.49. The third-order valence-corrected chi connectivity index (χ3v) is 4.93. The van der Waals surface area contributed by atoms with Gasteiger partial charge >= 0.3 is 5.97 Å². The van der Waals surface area contributed by atoms with Crippen molar-refractivity contribution in [1.29, 1.82) is 0 Å². The molecule has 0 amide bonds. The first kappa shape index (κ1) is 22.3. The van der Waals surface area contributed by atoms with E-state index >= 15 is 0 Å². The predicted octanol–water partition coefficient (Wildman–Crippen LogP) is 5.26. The minimum atomic E-state index is -0.753. The van der Waals surface area contributed by atoms with Crippen molar-refractivity contribution in [2.24, 2.45) is 0 Å². The Morgan fingerprint density at radius 1 is 1.04 bits per heavy atom. The van der Waals surface area contributed by atoms with E-state index in [4.69, 9.17) is 26.2 Å². The van der Waals surface area contributed by atoms with Crippen molar-refractivity contribution < 1.29 is 19.4 Å². The fourth-order valence-corrected chi connectivity index (χ4v) is 3.34. The summed E-state index contributed by atoms with van der Waals surface area (Å²) in [5.41, 5.74) is 0. The van der Waals surface area contributed by atoms with Crippen molar-refractivity contribution in [3.8, 4) is 17.2 Å². The molecule has 0 unspecified atom stereocenters. The molecule has 0 bridgehead atoms. The molecule has 7 heteroatoms. The maximum absolute atomic E-state index is 10.8. The summed E-state index contributed by atoms with van der Waals surface area (Å²) in [7, 11) is 0. The van der Waals surface area contributed by atoms with E-state index in [2.05, 4.69) is 4.90 Å². The number of carboxylic acids is 1. The van der Waals surface area contributed by atoms with Crippen LogP contribution in [0.2, 0.25) is 5.02 Å². The molecule has 1 aliphatic heterocycles. The van der Waals surface area contributed by atoms with Gasteiger partial charge in [0.05, 0.1) is 6.42 Å². The predicted molar refractivity (Wildman–Crippen MR) is 112 cm³/mol. The first-order valence-electron chi connectivity index (χ1n) is 9.22. The van der Waals surface area contributed by atoms with Crippen LogP contribution < -0.4 is 9.47 Å². The SMILES string of the molecule is Cl.O=C(O)CCN1CCCC[C@H]1COc1ccc(Oc2ccc(Cl)cc2)cc1. The number of piperidine rings is 1. The standard InChI is InChI=1S/C21H24ClNO4.ClH/c22-16-4-6-19(7-5-16)27-20-10-8-18(9-11-20)26-15-17-3-1-2-13-23(17)14-12-21(24)25;/h4-11,17H,1-3,12-15H2,(H,24,25);1H/t17-;/m0./s1. The first-order chi connectivity index (χ1) is 13.1. The lowest BCUT2D eigenvalue weighted by molar-refractivity contribution is -0.137. The number of carboxylic acid groups (broad SMARTS) is 1. The third kappa shape index (κ3) is 6.89. The Labute approximate surface area is 176 Å². The van der Waals surface area contributed by atoms with Gasteiger partial charge < -0.3 is 14.6 Å². The molecular weight excluding hydrogens is 401 g/mol. The van der Waals surface area contributed by atoms with Crippen LogP contribution in [0.3, 0.4) is 0 Å². The lowest BCUT2D eigenvalue weighted by atomic mass is 10.0. The van der Waals surface area contributed by atoms with Crippen LogP contribution in [0.4, 0.5) is 0 Å². The number of halogens is 2. The van der Waals surface area contributed by atoms with E-state index in [-0.39, 0.29) is 24.9 Å². The van der Waals surface area contributed by atoms with Crippen LogP contribution >= 0.6 is 24.0 Å². The normalized spacial score (nSPS) is 16.8. The Balaban J connectivity index is 0.00000280. The van der Waals surface area contributed by atoms with Crippen molar-refractivity contribution in [3.63, 3.8) is 0 Å². The molecule has 0 spiro atoms. The second-order valence-corrected chi connectivity index (χ2v) is 7.10. The molecule has 28 heavy (non-hydrogen) atoms. The highest BCUT2D eigenvalue weighted by Gasteiger charge is 2.23. The van der Waals surface area contributed by atoms with Crippen LogP contribution in [0.5, 0.6) is 17.2 Å². The zero-order chi connectivity index (χ0) is 19.1. The quantitative estimate of drug-likeness (QED) is 0.624. The minimum absolute atomic E-state index is 0. The van der Waals surface area contributed by atoms with E-state index in [1.54, 1.807) is 12.1 Å².